The van der Waals surface area contributed by atoms with E-state index in [2.05, 4.69) is 5.32 Å². The number of anilines is 1. The van der Waals surface area contributed by atoms with Crippen LogP contribution in [0.5, 0.6) is 0 Å². The molecule has 0 aliphatic carbocycles. The topological polar surface area (TPSA) is 55.4 Å². The predicted octanol–water partition coefficient (Wildman–Crippen LogP) is 3.61. The molecule has 0 bridgehead atoms. The number of carbonyl (C=O) groups excluding carboxylic acids is 2. The van der Waals surface area contributed by atoms with Crippen LogP contribution in [0, 0.1) is 0 Å². The second kappa shape index (κ2) is 8.46. The van der Waals surface area contributed by atoms with Gasteiger partial charge in [-0.25, -0.2) is 0 Å². The monoisotopic (exact) mass is 335 g/mol. The van der Waals surface area contributed by atoms with Crippen molar-refractivity contribution >= 4 is 40.9 Å². The maximum Gasteiger partial charge on any atom is 0.316 e. The van der Waals surface area contributed by atoms with Crippen LogP contribution in [-0.4, -0.2) is 24.2 Å². The Morgan fingerprint density at radius 2 is 1.86 bits per heavy atom. The molecule has 1 amide bonds. The predicted molar refractivity (Wildman–Crippen MR) is 88.2 cm³/mol. The lowest BCUT2D eigenvalue weighted by molar-refractivity contribution is -0.144. The van der Waals surface area contributed by atoms with Crippen molar-refractivity contribution in [2.45, 2.75) is 4.90 Å². The summed E-state index contributed by atoms with van der Waals surface area (Å²) in [6, 6.07) is 16.3. The van der Waals surface area contributed by atoms with Crippen molar-refractivity contribution in [3.8, 4) is 0 Å². The van der Waals surface area contributed by atoms with E-state index < -0.39 is 11.9 Å². The molecule has 4 nitrogen and oxygen atoms in total. The third-order valence-corrected chi connectivity index (χ3v) is 3.79. The summed E-state index contributed by atoms with van der Waals surface area (Å²) in [6.45, 7) is -0.319. The molecular weight excluding hydrogens is 322 g/mol. The summed E-state index contributed by atoms with van der Waals surface area (Å²) in [5, 5.41) is 3.13. The number of ether oxygens (including phenoxy) is 1. The molecule has 0 fully saturated rings. The molecule has 114 valence electrons. The molecule has 0 aliphatic heterocycles. The number of amides is 1. The summed E-state index contributed by atoms with van der Waals surface area (Å²) in [5.41, 5.74) is 0.562. The summed E-state index contributed by atoms with van der Waals surface area (Å²) >= 11 is 7.18. The number of esters is 1. The van der Waals surface area contributed by atoms with Gasteiger partial charge in [-0.2, -0.15) is 0 Å². The number of thioether (sulfide) groups is 1. The van der Waals surface area contributed by atoms with E-state index in [1.54, 1.807) is 24.3 Å². The first-order valence-corrected chi connectivity index (χ1v) is 7.89. The Morgan fingerprint density at radius 1 is 1.09 bits per heavy atom. The Hall–Kier alpha value is -1.98. The van der Waals surface area contributed by atoms with E-state index in [0.717, 1.165) is 4.90 Å². The molecule has 0 atom stereocenters. The molecule has 0 heterocycles. The van der Waals surface area contributed by atoms with E-state index in [0.29, 0.717) is 10.7 Å². The van der Waals surface area contributed by atoms with Crippen molar-refractivity contribution in [3.63, 3.8) is 0 Å². The molecule has 1 N–H and O–H groups in total. The van der Waals surface area contributed by atoms with Gasteiger partial charge in [0.25, 0.3) is 5.91 Å². The summed E-state index contributed by atoms with van der Waals surface area (Å²) < 4.78 is 4.92. The van der Waals surface area contributed by atoms with Crippen molar-refractivity contribution in [1.29, 1.82) is 0 Å². The van der Waals surface area contributed by atoms with Crippen LogP contribution in [0.1, 0.15) is 0 Å². The highest BCUT2D eigenvalue weighted by molar-refractivity contribution is 8.00. The van der Waals surface area contributed by atoms with Gasteiger partial charge < -0.3 is 10.1 Å². The van der Waals surface area contributed by atoms with E-state index in [-0.39, 0.29) is 12.4 Å². The van der Waals surface area contributed by atoms with Crippen LogP contribution in [-0.2, 0) is 14.3 Å². The molecule has 0 radical (unpaired) electrons. The third-order valence-electron chi connectivity index (χ3n) is 2.57. The normalized spacial score (nSPS) is 10.0. The minimum atomic E-state index is -0.435. The lowest BCUT2D eigenvalue weighted by Crippen LogP contribution is -2.21. The van der Waals surface area contributed by atoms with Crippen molar-refractivity contribution in [1.82, 2.24) is 0 Å². The second-order valence-electron chi connectivity index (χ2n) is 4.32. The smallest absolute Gasteiger partial charge is 0.316 e. The molecule has 0 saturated heterocycles. The first kappa shape index (κ1) is 16.4. The van der Waals surface area contributed by atoms with Crippen LogP contribution in [0.15, 0.2) is 59.5 Å². The van der Waals surface area contributed by atoms with Gasteiger partial charge in [0, 0.05) is 15.6 Å². The van der Waals surface area contributed by atoms with E-state index in [9.17, 15) is 9.59 Å². The van der Waals surface area contributed by atoms with E-state index >= 15 is 0 Å². The fourth-order valence-electron chi connectivity index (χ4n) is 1.61. The minimum Gasteiger partial charge on any atom is -0.455 e. The van der Waals surface area contributed by atoms with Gasteiger partial charge in [-0.3, -0.25) is 9.59 Å². The first-order valence-electron chi connectivity index (χ1n) is 6.52. The average Bonchev–Trinajstić information content (AvgIpc) is 2.52. The van der Waals surface area contributed by atoms with Crippen molar-refractivity contribution in [2.75, 3.05) is 17.7 Å². The van der Waals surface area contributed by atoms with Gasteiger partial charge in [0.05, 0.1) is 5.75 Å². The van der Waals surface area contributed by atoms with Gasteiger partial charge >= 0.3 is 5.97 Å². The summed E-state index contributed by atoms with van der Waals surface area (Å²) in [7, 11) is 0. The van der Waals surface area contributed by atoms with E-state index in [1.165, 1.54) is 11.8 Å². The number of benzene rings is 2. The fourth-order valence-corrected chi connectivity index (χ4v) is 2.52. The molecule has 0 spiro atoms. The zero-order chi connectivity index (χ0) is 15.8. The summed E-state index contributed by atoms with van der Waals surface area (Å²) in [5.74, 6) is -0.676. The van der Waals surface area contributed by atoms with Crippen LogP contribution in [0.4, 0.5) is 5.69 Å². The zero-order valence-corrected chi connectivity index (χ0v) is 13.2. The Labute approximate surface area is 137 Å². The molecule has 2 aromatic rings. The van der Waals surface area contributed by atoms with Gasteiger partial charge in [-0.05, 0) is 30.3 Å². The number of rotatable bonds is 6. The van der Waals surface area contributed by atoms with Crippen LogP contribution in [0.2, 0.25) is 5.02 Å². The molecule has 6 heteroatoms. The lowest BCUT2D eigenvalue weighted by atomic mass is 10.3. The molecule has 22 heavy (non-hydrogen) atoms. The van der Waals surface area contributed by atoms with Gasteiger partial charge in [-0.15, -0.1) is 11.8 Å². The van der Waals surface area contributed by atoms with Crippen molar-refractivity contribution in [2.24, 2.45) is 0 Å². The number of nitrogens with one attached hydrogen (secondary N) is 1. The number of hydrogen-bond donors (Lipinski definition) is 1. The zero-order valence-electron chi connectivity index (χ0n) is 11.6. The van der Waals surface area contributed by atoms with Crippen LogP contribution < -0.4 is 5.32 Å². The molecule has 0 saturated carbocycles. The van der Waals surface area contributed by atoms with E-state index in [4.69, 9.17) is 16.3 Å². The lowest BCUT2D eigenvalue weighted by Gasteiger charge is -2.07. The Morgan fingerprint density at radius 3 is 2.59 bits per heavy atom. The second-order valence-corrected chi connectivity index (χ2v) is 5.81. The largest absolute Gasteiger partial charge is 0.455 e. The van der Waals surface area contributed by atoms with Crippen molar-refractivity contribution in [3.05, 3.63) is 59.6 Å². The number of carbonyl (C=O) groups is 2. The minimum absolute atomic E-state index is 0.161. The highest BCUT2D eigenvalue weighted by Crippen LogP contribution is 2.17. The van der Waals surface area contributed by atoms with Gasteiger partial charge in [0.15, 0.2) is 6.61 Å². The number of halogens is 1. The summed E-state index contributed by atoms with van der Waals surface area (Å²) in [6.07, 6.45) is 0. The molecule has 2 rings (SSSR count). The first-order chi connectivity index (χ1) is 10.6. The van der Waals surface area contributed by atoms with Crippen LogP contribution in [0.3, 0.4) is 0 Å². The average molecular weight is 336 g/mol. The number of hydrogen-bond acceptors (Lipinski definition) is 4. The van der Waals surface area contributed by atoms with Crippen LogP contribution in [0.25, 0.3) is 0 Å². The molecular formula is C16H14ClNO3S. The third kappa shape index (κ3) is 5.79. The highest BCUT2D eigenvalue weighted by atomic mass is 35.5. The van der Waals surface area contributed by atoms with Gasteiger partial charge in [0.2, 0.25) is 0 Å². The quantitative estimate of drug-likeness (QED) is 0.647. The maximum absolute atomic E-state index is 11.7. The van der Waals surface area contributed by atoms with Gasteiger partial charge in [0.1, 0.15) is 0 Å². The Balaban J connectivity index is 1.70. The Kier molecular flexibility index (Phi) is 6.30. The fraction of sp³-hybridized carbons (Fsp3) is 0.125. The van der Waals surface area contributed by atoms with Gasteiger partial charge in [-0.1, -0.05) is 35.9 Å². The van der Waals surface area contributed by atoms with Crippen LogP contribution >= 0.6 is 23.4 Å². The maximum atomic E-state index is 11.7. The standard InChI is InChI=1S/C16H14ClNO3S/c17-12-5-4-6-13(9-12)18-15(19)10-21-16(20)11-22-14-7-2-1-3-8-14/h1-9H,10-11H2,(H,18,19). The van der Waals surface area contributed by atoms with Crippen molar-refractivity contribution < 1.29 is 14.3 Å². The Bertz CT molecular complexity index is 649. The SMILES string of the molecule is O=C(COC(=O)CSc1ccccc1)Nc1cccc(Cl)c1. The molecule has 0 aliphatic rings. The summed E-state index contributed by atoms with van der Waals surface area (Å²) in [4.78, 5) is 24.2. The molecule has 0 unspecified atom stereocenters. The molecule has 0 aromatic heterocycles. The van der Waals surface area contributed by atoms with E-state index in [1.807, 2.05) is 30.3 Å². The highest BCUT2D eigenvalue weighted by Gasteiger charge is 2.08. The molecule has 2 aromatic carbocycles.